The molecule has 0 aliphatic rings. The predicted octanol–water partition coefficient (Wildman–Crippen LogP) is 2.38. The molecule has 0 aliphatic heterocycles. The van der Waals surface area contributed by atoms with Crippen molar-refractivity contribution in [1.29, 1.82) is 0 Å². The number of alkyl halides is 2. The standard InChI is InChI=1S/C9H14Cl2O4/c1-5(6(12)13)4-8(2,3)9(10,11)7(14)15/h5H,4H2,1-3H3,(H,12,13)(H,14,15). The second kappa shape index (κ2) is 4.58. The summed E-state index contributed by atoms with van der Waals surface area (Å²) in [4.78, 5) is 21.4. The molecule has 0 amide bonds. The van der Waals surface area contributed by atoms with Gasteiger partial charge in [-0.15, -0.1) is 0 Å². The van der Waals surface area contributed by atoms with Crippen LogP contribution in [0.2, 0.25) is 0 Å². The molecule has 0 bridgehead atoms. The number of halogens is 2. The molecule has 0 fully saturated rings. The van der Waals surface area contributed by atoms with Gasteiger partial charge in [-0.3, -0.25) is 4.79 Å². The van der Waals surface area contributed by atoms with E-state index in [1.165, 1.54) is 20.8 Å². The first kappa shape index (κ1) is 14.5. The summed E-state index contributed by atoms with van der Waals surface area (Å²) in [5, 5.41) is 17.5. The normalized spacial score (nSPS) is 14.7. The molecule has 0 saturated heterocycles. The summed E-state index contributed by atoms with van der Waals surface area (Å²) in [6, 6.07) is 0. The van der Waals surface area contributed by atoms with Crippen LogP contribution in [0.4, 0.5) is 0 Å². The Hall–Kier alpha value is -0.480. The van der Waals surface area contributed by atoms with Gasteiger partial charge in [0.1, 0.15) is 0 Å². The fraction of sp³-hybridized carbons (Fsp3) is 0.778. The molecule has 0 aromatic rings. The van der Waals surface area contributed by atoms with Gasteiger partial charge in [-0.1, -0.05) is 44.0 Å². The monoisotopic (exact) mass is 256 g/mol. The Morgan fingerprint density at radius 1 is 1.27 bits per heavy atom. The van der Waals surface area contributed by atoms with E-state index in [0.717, 1.165) is 0 Å². The average molecular weight is 257 g/mol. The van der Waals surface area contributed by atoms with Crippen molar-refractivity contribution in [2.45, 2.75) is 31.5 Å². The van der Waals surface area contributed by atoms with E-state index in [-0.39, 0.29) is 6.42 Å². The highest BCUT2D eigenvalue weighted by atomic mass is 35.5. The number of carbonyl (C=O) groups is 2. The number of carboxylic acid groups (broad SMARTS) is 2. The van der Waals surface area contributed by atoms with Gasteiger partial charge in [0.05, 0.1) is 5.92 Å². The molecule has 0 radical (unpaired) electrons. The zero-order chi connectivity index (χ0) is 12.4. The van der Waals surface area contributed by atoms with Gasteiger partial charge in [-0.25, -0.2) is 4.79 Å². The van der Waals surface area contributed by atoms with Gasteiger partial charge in [0, 0.05) is 5.41 Å². The Morgan fingerprint density at radius 3 is 1.93 bits per heavy atom. The third kappa shape index (κ3) is 3.24. The minimum atomic E-state index is -1.99. The van der Waals surface area contributed by atoms with Crippen molar-refractivity contribution in [2.75, 3.05) is 0 Å². The highest BCUT2D eigenvalue weighted by Gasteiger charge is 2.49. The number of hydrogen-bond donors (Lipinski definition) is 2. The predicted molar refractivity (Wildman–Crippen MR) is 57.3 cm³/mol. The molecule has 2 N–H and O–H groups in total. The maximum Gasteiger partial charge on any atom is 0.340 e. The van der Waals surface area contributed by atoms with E-state index in [9.17, 15) is 9.59 Å². The smallest absolute Gasteiger partial charge is 0.340 e. The number of rotatable bonds is 5. The van der Waals surface area contributed by atoms with Crippen LogP contribution >= 0.6 is 23.2 Å². The largest absolute Gasteiger partial charge is 0.481 e. The maximum absolute atomic E-state index is 10.8. The summed E-state index contributed by atoms with van der Waals surface area (Å²) in [6.07, 6.45) is 0.0850. The van der Waals surface area contributed by atoms with Crippen molar-refractivity contribution >= 4 is 35.1 Å². The van der Waals surface area contributed by atoms with E-state index in [4.69, 9.17) is 33.4 Å². The van der Waals surface area contributed by atoms with Crippen molar-refractivity contribution in [3.05, 3.63) is 0 Å². The van der Waals surface area contributed by atoms with Gasteiger partial charge in [0.15, 0.2) is 0 Å². The molecule has 15 heavy (non-hydrogen) atoms. The van der Waals surface area contributed by atoms with Gasteiger partial charge in [-0.05, 0) is 6.42 Å². The Bertz CT molecular complexity index is 273. The quantitative estimate of drug-likeness (QED) is 0.741. The summed E-state index contributed by atoms with van der Waals surface area (Å²) in [6.45, 7) is 4.54. The number of carboxylic acids is 2. The molecule has 0 saturated carbocycles. The summed E-state index contributed by atoms with van der Waals surface area (Å²) in [7, 11) is 0. The SMILES string of the molecule is CC(CC(C)(C)C(Cl)(Cl)C(=O)O)C(=O)O. The van der Waals surface area contributed by atoms with Crippen molar-refractivity contribution < 1.29 is 19.8 Å². The van der Waals surface area contributed by atoms with E-state index in [1.807, 2.05) is 0 Å². The topological polar surface area (TPSA) is 74.6 Å². The molecule has 6 heteroatoms. The Kier molecular flexibility index (Phi) is 4.43. The average Bonchev–Trinajstić information content (AvgIpc) is 2.02. The van der Waals surface area contributed by atoms with E-state index in [1.54, 1.807) is 0 Å². The zero-order valence-electron chi connectivity index (χ0n) is 8.75. The summed E-state index contributed by atoms with van der Waals surface area (Å²) < 4.78 is -1.99. The molecule has 4 nitrogen and oxygen atoms in total. The number of aliphatic carboxylic acids is 2. The van der Waals surface area contributed by atoms with Gasteiger partial charge in [0.2, 0.25) is 4.33 Å². The van der Waals surface area contributed by atoms with Crippen molar-refractivity contribution in [3.8, 4) is 0 Å². The van der Waals surface area contributed by atoms with Gasteiger partial charge in [-0.2, -0.15) is 0 Å². The maximum atomic E-state index is 10.8. The van der Waals surface area contributed by atoms with Crippen LogP contribution < -0.4 is 0 Å². The van der Waals surface area contributed by atoms with Crippen LogP contribution in [0.25, 0.3) is 0 Å². The second-order valence-corrected chi connectivity index (χ2v) is 5.53. The van der Waals surface area contributed by atoms with Crippen LogP contribution in [0, 0.1) is 11.3 Å². The van der Waals surface area contributed by atoms with E-state index >= 15 is 0 Å². The summed E-state index contributed by atoms with van der Waals surface area (Å²) in [5.74, 6) is -3.07. The second-order valence-electron chi connectivity index (χ2n) is 4.21. The molecule has 0 heterocycles. The van der Waals surface area contributed by atoms with Gasteiger partial charge < -0.3 is 10.2 Å². The van der Waals surface area contributed by atoms with Crippen molar-refractivity contribution in [3.63, 3.8) is 0 Å². The van der Waals surface area contributed by atoms with Crippen molar-refractivity contribution in [2.24, 2.45) is 11.3 Å². The van der Waals surface area contributed by atoms with Crippen LogP contribution in [-0.4, -0.2) is 26.5 Å². The molecule has 0 spiro atoms. The Balaban J connectivity index is 4.83. The fourth-order valence-electron chi connectivity index (χ4n) is 1.27. The van der Waals surface area contributed by atoms with Crippen LogP contribution in [-0.2, 0) is 9.59 Å². The first-order valence-electron chi connectivity index (χ1n) is 4.36. The molecule has 1 unspecified atom stereocenters. The van der Waals surface area contributed by atoms with E-state index in [2.05, 4.69) is 0 Å². The Labute approximate surface area is 98.2 Å². The van der Waals surface area contributed by atoms with E-state index < -0.39 is 27.6 Å². The van der Waals surface area contributed by atoms with Crippen LogP contribution in [0.5, 0.6) is 0 Å². The minimum absolute atomic E-state index is 0.0850. The lowest BCUT2D eigenvalue weighted by molar-refractivity contribution is -0.145. The van der Waals surface area contributed by atoms with Crippen LogP contribution in [0.3, 0.4) is 0 Å². The lowest BCUT2D eigenvalue weighted by Crippen LogP contribution is -2.43. The van der Waals surface area contributed by atoms with E-state index in [0.29, 0.717) is 0 Å². The minimum Gasteiger partial charge on any atom is -0.481 e. The molecule has 88 valence electrons. The van der Waals surface area contributed by atoms with Crippen LogP contribution in [0.1, 0.15) is 27.2 Å². The number of hydrogen-bond acceptors (Lipinski definition) is 2. The third-order valence-corrected chi connectivity index (χ3v) is 3.70. The lowest BCUT2D eigenvalue weighted by atomic mass is 9.80. The fourth-order valence-corrected chi connectivity index (χ4v) is 1.42. The summed E-state index contributed by atoms with van der Waals surface area (Å²) in [5.41, 5.74) is -1.03. The molecular formula is C9H14Cl2O4. The van der Waals surface area contributed by atoms with Crippen LogP contribution in [0.15, 0.2) is 0 Å². The highest BCUT2D eigenvalue weighted by molar-refractivity contribution is 6.57. The molecular weight excluding hydrogens is 243 g/mol. The third-order valence-electron chi connectivity index (χ3n) is 2.36. The first-order valence-corrected chi connectivity index (χ1v) is 5.12. The van der Waals surface area contributed by atoms with Gasteiger partial charge >= 0.3 is 11.9 Å². The zero-order valence-corrected chi connectivity index (χ0v) is 10.3. The summed E-state index contributed by atoms with van der Waals surface area (Å²) >= 11 is 11.4. The Morgan fingerprint density at radius 2 is 1.67 bits per heavy atom. The van der Waals surface area contributed by atoms with Crippen molar-refractivity contribution in [1.82, 2.24) is 0 Å². The molecule has 0 aromatic heterocycles. The highest BCUT2D eigenvalue weighted by Crippen LogP contribution is 2.45. The molecule has 0 rings (SSSR count). The first-order chi connectivity index (χ1) is 6.52. The lowest BCUT2D eigenvalue weighted by Gasteiger charge is -2.35. The molecule has 0 aliphatic carbocycles. The van der Waals surface area contributed by atoms with Gasteiger partial charge in [0.25, 0.3) is 0 Å². The molecule has 0 aromatic carbocycles. The molecule has 1 atom stereocenters.